The maximum absolute atomic E-state index is 12.1. The van der Waals surface area contributed by atoms with Crippen molar-refractivity contribution in [3.63, 3.8) is 0 Å². The fourth-order valence-electron chi connectivity index (χ4n) is 2.11. The van der Waals surface area contributed by atoms with Gasteiger partial charge in [0.1, 0.15) is 5.75 Å². The number of ether oxygens (including phenoxy) is 1. The highest BCUT2D eigenvalue weighted by molar-refractivity contribution is 7.85. The molecule has 0 aromatic heterocycles. The second-order valence-corrected chi connectivity index (χ2v) is 6.81. The number of benzene rings is 1. The highest BCUT2D eigenvalue weighted by atomic mass is 32.2. The molecule has 21 heavy (non-hydrogen) atoms. The summed E-state index contributed by atoms with van der Waals surface area (Å²) in [7, 11) is -0.756. The van der Waals surface area contributed by atoms with Gasteiger partial charge in [0.15, 0.2) is 0 Å². The van der Waals surface area contributed by atoms with Crippen LogP contribution < -0.4 is 10.1 Å². The molecule has 0 radical (unpaired) electrons. The van der Waals surface area contributed by atoms with Crippen molar-refractivity contribution in [2.24, 2.45) is 0 Å². The van der Waals surface area contributed by atoms with Crippen LogP contribution in [0.3, 0.4) is 0 Å². The SMILES string of the molecule is CCCCS(=O)CC(NCC)c1ccc(OCCC)cc1. The first-order valence-corrected chi connectivity index (χ1v) is 9.51. The Balaban J connectivity index is 2.64. The molecule has 0 fully saturated rings. The molecule has 3 nitrogen and oxygen atoms in total. The van der Waals surface area contributed by atoms with Crippen molar-refractivity contribution in [2.75, 3.05) is 24.7 Å². The van der Waals surface area contributed by atoms with Gasteiger partial charge in [0.2, 0.25) is 0 Å². The van der Waals surface area contributed by atoms with Gasteiger partial charge in [0.25, 0.3) is 0 Å². The van der Waals surface area contributed by atoms with Crippen LogP contribution >= 0.6 is 0 Å². The van der Waals surface area contributed by atoms with E-state index < -0.39 is 10.8 Å². The van der Waals surface area contributed by atoms with E-state index in [2.05, 4.69) is 38.2 Å². The Morgan fingerprint density at radius 2 is 1.86 bits per heavy atom. The van der Waals surface area contributed by atoms with Gasteiger partial charge in [-0.25, -0.2) is 0 Å². The third-order valence-corrected chi connectivity index (χ3v) is 4.73. The molecule has 1 aromatic carbocycles. The molecule has 0 aliphatic heterocycles. The van der Waals surface area contributed by atoms with Crippen molar-refractivity contribution in [2.45, 2.75) is 46.1 Å². The standard InChI is InChI=1S/C17H29NO2S/c1-4-7-13-21(19)14-17(18-6-3)15-8-10-16(11-9-15)20-12-5-2/h8-11,17-18H,4-7,12-14H2,1-3H3. The van der Waals surface area contributed by atoms with Gasteiger partial charge >= 0.3 is 0 Å². The van der Waals surface area contributed by atoms with Crippen LogP contribution in [0.2, 0.25) is 0 Å². The van der Waals surface area contributed by atoms with E-state index in [1.54, 1.807) is 0 Å². The molecule has 1 N–H and O–H groups in total. The van der Waals surface area contributed by atoms with Crippen molar-refractivity contribution < 1.29 is 8.95 Å². The van der Waals surface area contributed by atoms with E-state index in [1.165, 1.54) is 5.56 Å². The molecular formula is C17H29NO2S. The number of hydrogen-bond acceptors (Lipinski definition) is 3. The van der Waals surface area contributed by atoms with E-state index in [1.807, 2.05) is 12.1 Å². The van der Waals surface area contributed by atoms with Crippen LogP contribution in [0.15, 0.2) is 24.3 Å². The zero-order valence-electron chi connectivity index (χ0n) is 13.6. The summed E-state index contributed by atoms with van der Waals surface area (Å²) in [6, 6.07) is 8.33. The maximum atomic E-state index is 12.1. The third kappa shape index (κ3) is 7.09. The van der Waals surface area contributed by atoms with Crippen LogP contribution in [-0.4, -0.2) is 28.9 Å². The summed E-state index contributed by atoms with van der Waals surface area (Å²) in [5.74, 6) is 2.39. The third-order valence-electron chi connectivity index (χ3n) is 3.28. The lowest BCUT2D eigenvalue weighted by Crippen LogP contribution is -2.26. The average Bonchev–Trinajstić information content (AvgIpc) is 2.51. The predicted octanol–water partition coefficient (Wildman–Crippen LogP) is 3.67. The van der Waals surface area contributed by atoms with Crippen molar-refractivity contribution >= 4 is 10.8 Å². The largest absolute Gasteiger partial charge is 0.494 e. The normalized spacial score (nSPS) is 13.9. The number of unbranched alkanes of at least 4 members (excludes halogenated alkanes) is 1. The zero-order valence-corrected chi connectivity index (χ0v) is 14.4. The Hall–Kier alpha value is -0.870. The van der Waals surface area contributed by atoms with Crippen LogP contribution in [0.25, 0.3) is 0 Å². The molecule has 0 spiro atoms. The van der Waals surface area contributed by atoms with Gasteiger partial charge in [0, 0.05) is 28.3 Å². The van der Waals surface area contributed by atoms with Crippen molar-refractivity contribution in [1.29, 1.82) is 0 Å². The van der Waals surface area contributed by atoms with E-state index in [0.29, 0.717) is 5.75 Å². The molecule has 4 heteroatoms. The minimum atomic E-state index is -0.756. The molecule has 1 rings (SSSR count). The molecule has 120 valence electrons. The van der Waals surface area contributed by atoms with E-state index in [-0.39, 0.29) is 6.04 Å². The lowest BCUT2D eigenvalue weighted by Gasteiger charge is -2.18. The van der Waals surface area contributed by atoms with Gasteiger partial charge < -0.3 is 10.1 Å². The molecule has 0 amide bonds. The molecule has 0 saturated carbocycles. The topological polar surface area (TPSA) is 38.3 Å². The van der Waals surface area contributed by atoms with Gasteiger partial charge in [-0.2, -0.15) is 0 Å². The monoisotopic (exact) mass is 311 g/mol. The zero-order chi connectivity index (χ0) is 15.5. The summed E-state index contributed by atoms with van der Waals surface area (Å²) in [5, 5.41) is 3.43. The molecule has 0 bridgehead atoms. The molecular weight excluding hydrogens is 282 g/mol. The summed E-state index contributed by atoms with van der Waals surface area (Å²) < 4.78 is 17.7. The molecule has 0 saturated heterocycles. The number of rotatable bonds is 11. The van der Waals surface area contributed by atoms with Gasteiger partial charge in [-0.15, -0.1) is 0 Å². The Kier molecular flexibility index (Phi) is 9.35. The van der Waals surface area contributed by atoms with E-state index in [4.69, 9.17) is 4.74 Å². The minimum Gasteiger partial charge on any atom is -0.494 e. The number of nitrogens with one attached hydrogen (secondary N) is 1. The molecule has 0 aliphatic rings. The summed E-state index contributed by atoms with van der Waals surface area (Å²) in [4.78, 5) is 0. The fourth-order valence-corrected chi connectivity index (χ4v) is 3.57. The molecule has 0 aliphatic carbocycles. The van der Waals surface area contributed by atoms with Crippen LogP contribution in [-0.2, 0) is 10.8 Å². The van der Waals surface area contributed by atoms with Gasteiger partial charge in [-0.1, -0.05) is 39.3 Å². The second-order valence-electron chi connectivity index (χ2n) is 5.19. The first-order valence-electron chi connectivity index (χ1n) is 8.02. The predicted molar refractivity (Wildman–Crippen MR) is 91.4 cm³/mol. The maximum Gasteiger partial charge on any atom is 0.119 e. The van der Waals surface area contributed by atoms with Crippen molar-refractivity contribution in [1.82, 2.24) is 5.32 Å². The lowest BCUT2D eigenvalue weighted by molar-refractivity contribution is 0.317. The fraction of sp³-hybridized carbons (Fsp3) is 0.647. The van der Waals surface area contributed by atoms with Crippen LogP contribution in [0.5, 0.6) is 5.75 Å². The first-order chi connectivity index (χ1) is 10.2. The Morgan fingerprint density at radius 3 is 2.43 bits per heavy atom. The van der Waals surface area contributed by atoms with Crippen LogP contribution in [0.4, 0.5) is 0 Å². The molecule has 2 unspecified atom stereocenters. The first kappa shape index (κ1) is 18.2. The highest BCUT2D eigenvalue weighted by Crippen LogP contribution is 2.19. The highest BCUT2D eigenvalue weighted by Gasteiger charge is 2.14. The van der Waals surface area contributed by atoms with Crippen LogP contribution in [0, 0.1) is 0 Å². The van der Waals surface area contributed by atoms with Crippen molar-refractivity contribution in [3.05, 3.63) is 29.8 Å². The Morgan fingerprint density at radius 1 is 1.14 bits per heavy atom. The van der Waals surface area contributed by atoms with E-state index in [0.717, 1.165) is 43.9 Å². The second kappa shape index (κ2) is 10.8. The summed E-state index contributed by atoms with van der Waals surface area (Å²) in [6.07, 6.45) is 3.15. The smallest absolute Gasteiger partial charge is 0.119 e. The average molecular weight is 311 g/mol. The summed E-state index contributed by atoms with van der Waals surface area (Å²) >= 11 is 0. The quantitative estimate of drug-likeness (QED) is 0.677. The van der Waals surface area contributed by atoms with Gasteiger partial charge in [-0.3, -0.25) is 4.21 Å². The Bertz CT molecular complexity index is 406. The van der Waals surface area contributed by atoms with Gasteiger partial charge in [0.05, 0.1) is 6.61 Å². The minimum absolute atomic E-state index is 0.160. The lowest BCUT2D eigenvalue weighted by atomic mass is 10.1. The summed E-state index contributed by atoms with van der Waals surface area (Å²) in [6.45, 7) is 7.94. The number of hydrogen-bond donors (Lipinski definition) is 1. The molecule has 2 atom stereocenters. The van der Waals surface area contributed by atoms with E-state index >= 15 is 0 Å². The van der Waals surface area contributed by atoms with Crippen LogP contribution in [0.1, 0.15) is 51.6 Å². The van der Waals surface area contributed by atoms with Gasteiger partial charge in [-0.05, 0) is 37.1 Å². The molecule has 0 heterocycles. The Labute approximate surface area is 131 Å². The van der Waals surface area contributed by atoms with E-state index in [9.17, 15) is 4.21 Å². The summed E-state index contributed by atoms with van der Waals surface area (Å²) in [5.41, 5.74) is 1.19. The molecule has 1 aromatic rings. The van der Waals surface area contributed by atoms with Crippen molar-refractivity contribution in [3.8, 4) is 5.75 Å².